The molecule has 0 aliphatic rings. The third-order valence-electron chi connectivity index (χ3n) is 2.06. The molecule has 0 rings (SSSR count). The Morgan fingerprint density at radius 2 is 1.47 bits per heavy atom. The molecule has 0 aromatic carbocycles. The van der Waals surface area contributed by atoms with E-state index in [2.05, 4.69) is 22.2 Å². The van der Waals surface area contributed by atoms with Crippen molar-refractivity contribution in [1.29, 1.82) is 0 Å². The topological polar surface area (TPSA) is 88.8 Å². The van der Waals surface area contributed by atoms with E-state index in [9.17, 15) is 0 Å². The average molecular weight is 264 g/mol. The lowest BCUT2D eigenvalue weighted by Gasteiger charge is -2.04. The fraction of sp³-hybridized carbons (Fsp3) is 0.818. The van der Waals surface area contributed by atoms with Gasteiger partial charge in [-0.3, -0.25) is 15.3 Å². The number of guanidine groups is 2. The molecule has 5 N–H and O–H groups in total. The Kier molecular flexibility index (Phi) is 14.2. The van der Waals surface area contributed by atoms with Gasteiger partial charge in [-0.05, 0) is 12.8 Å². The molecule has 0 aromatic heterocycles. The van der Waals surface area contributed by atoms with E-state index in [0.29, 0.717) is 18.5 Å². The largest absolute Gasteiger partial charge is 0.370 e. The van der Waals surface area contributed by atoms with Crippen molar-refractivity contribution in [3.8, 4) is 0 Å². The summed E-state index contributed by atoms with van der Waals surface area (Å²) in [7, 11) is 0. The lowest BCUT2D eigenvalue weighted by atomic mass is 10.2. The van der Waals surface area contributed by atoms with Crippen molar-refractivity contribution in [2.45, 2.75) is 46.0 Å². The zero-order valence-corrected chi connectivity index (χ0v) is 11.7. The predicted octanol–water partition coefficient (Wildman–Crippen LogP) is 1.62. The molecule has 0 radical (unpaired) electrons. The Labute approximate surface area is 111 Å². The number of halogens is 1. The maximum atomic E-state index is 5.64. The summed E-state index contributed by atoms with van der Waals surface area (Å²) in [6.45, 7) is 5.69. The third-order valence-corrected chi connectivity index (χ3v) is 2.06. The van der Waals surface area contributed by atoms with Crippen LogP contribution in [0.3, 0.4) is 0 Å². The van der Waals surface area contributed by atoms with Crippen LogP contribution < -0.4 is 16.8 Å². The summed E-state index contributed by atoms with van der Waals surface area (Å²) in [5.74, 6) is 0.700. The second-order valence-corrected chi connectivity index (χ2v) is 3.72. The van der Waals surface area contributed by atoms with Gasteiger partial charge < -0.3 is 11.5 Å². The first kappa shape index (κ1) is 18.4. The van der Waals surface area contributed by atoms with Gasteiger partial charge in [0.2, 0.25) is 0 Å². The number of nitrogens with zero attached hydrogens (tertiary/aromatic N) is 2. The minimum absolute atomic E-state index is 0. The van der Waals surface area contributed by atoms with Gasteiger partial charge in [0.05, 0.1) is 0 Å². The number of nitrogens with two attached hydrogens (primary N) is 2. The van der Waals surface area contributed by atoms with Crippen molar-refractivity contribution in [3.05, 3.63) is 0 Å². The van der Waals surface area contributed by atoms with E-state index in [1.54, 1.807) is 0 Å². The molecule has 0 saturated heterocycles. The summed E-state index contributed by atoms with van der Waals surface area (Å²) in [5, 5.41) is 2.76. The van der Waals surface area contributed by atoms with Crippen LogP contribution in [-0.4, -0.2) is 25.0 Å². The molecule has 0 aromatic rings. The van der Waals surface area contributed by atoms with Gasteiger partial charge in [0.15, 0.2) is 11.9 Å². The number of hydrogen-bond acceptors (Lipinski definition) is 2. The van der Waals surface area contributed by atoms with Crippen LogP contribution in [0.25, 0.3) is 0 Å². The van der Waals surface area contributed by atoms with Crippen molar-refractivity contribution >= 4 is 24.3 Å². The minimum atomic E-state index is 0. The fourth-order valence-electron chi connectivity index (χ4n) is 1.18. The highest BCUT2D eigenvalue weighted by Gasteiger charge is 1.94. The molecule has 17 heavy (non-hydrogen) atoms. The summed E-state index contributed by atoms with van der Waals surface area (Å²) >= 11 is 0. The molecule has 0 spiro atoms. The third kappa shape index (κ3) is 13.0. The highest BCUT2D eigenvalue weighted by Crippen LogP contribution is 1.98. The standard InChI is InChI=1S/C11H25N5.ClH/c1-3-5-6-7-9-15-11(13)16-10(12)14-8-4-2;/h3-9H2,1-2H3,(H5,12,13,14,15,16);1H. The normalized spacial score (nSPS) is 12.1. The van der Waals surface area contributed by atoms with Crippen LogP contribution in [0, 0.1) is 0 Å². The number of rotatable bonds is 7. The van der Waals surface area contributed by atoms with Crippen molar-refractivity contribution in [2.75, 3.05) is 13.1 Å². The number of nitrogens with one attached hydrogen (secondary N) is 1. The first-order chi connectivity index (χ1) is 7.70. The Morgan fingerprint density at radius 3 is 2.00 bits per heavy atom. The van der Waals surface area contributed by atoms with E-state index in [1.807, 2.05) is 6.92 Å². The van der Waals surface area contributed by atoms with Gasteiger partial charge in [-0.2, -0.15) is 0 Å². The monoisotopic (exact) mass is 263 g/mol. The van der Waals surface area contributed by atoms with Gasteiger partial charge in [-0.25, -0.2) is 0 Å². The first-order valence-corrected chi connectivity index (χ1v) is 6.07. The Bertz CT molecular complexity index is 228. The molecule has 0 amide bonds. The lowest BCUT2D eigenvalue weighted by molar-refractivity contribution is 0.674. The van der Waals surface area contributed by atoms with E-state index >= 15 is 0 Å². The van der Waals surface area contributed by atoms with E-state index in [0.717, 1.165) is 19.4 Å². The van der Waals surface area contributed by atoms with Gasteiger partial charge in [-0.1, -0.05) is 33.1 Å². The zero-order chi connectivity index (χ0) is 12.2. The van der Waals surface area contributed by atoms with Gasteiger partial charge in [-0.15, -0.1) is 12.4 Å². The lowest BCUT2D eigenvalue weighted by Crippen LogP contribution is -2.41. The number of aliphatic imine (C=N–C) groups is 2. The molecule has 0 saturated carbocycles. The van der Waals surface area contributed by atoms with E-state index in [1.165, 1.54) is 19.3 Å². The fourth-order valence-corrected chi connectivity index (χ4v) is 1.18. The Morgan fingerprint density at radius 1 is 0.882 bits per heavy atom. The van der Waals surface area contributed by atoms with Gasteiger partial charge in [0.1, 0.15) is 0 Å². The number of hydrogen-bond donors (Lipinski definition) is 3. The molecule has 0 aliphatic heterocycles. The molecule has 6 heteroatoms. The predicted molar refractivity (Wildman–Crippen MR) is 77.8 cm³/mol. The summed E-state index contributed by atoms with van der Waals surface area (Å²) in [5.41, 5.74) is 11.2. The van der Waals surface area contributed by atoms with Crippen molar-refractivity contribution in [3.63, 3.8) is 0 Å². The van der Waals surface area contributed by atoms with Crippen LogP contribution in [0.2, 0.25) is 0 Å². The van der Waals surface area contributed by atoms with Crippen LogP contribution in [0.15, 0.2) is 9.98 Å². The van der Waals surface area contributed by atoms with Crippen LogP contribution in [0.4, 0.5) is 0 Å². The highest BCUT2D eigenvalue weighted by molar-refractivity contribution is 5.96. The number of unbranched alkanes of at least 4 members (excludes halogenated alkanes) is 3. The summed E-state index contributed by atoms with van der Waals surface area (Å²) < 4.78 is 0. The Hall–Kier alpha value is -0.970. The Balaban J connectivity index is 0. The maximum absolute atomic E-state index is 5.64. The summed E-state index contributed by atoms with van der Waals surface area (Å²) in [4.78, 5) is 8.23. The van der Waals surface area contributed by atoms with Crippen LogP contribution >= 0.6 is 12.4 Å². The van der Waals surface area contributed by atoms with E-state index in [4.69, 9.17) is 11.5 Å². The average Bonchev–Trinajstić information content (AvgIpc) is 2.26. The molecule has 0 heterocycles. The minimum Gasteiger partial charge on any atom is -0.370 e. The van der Waals surface area contributed by atoms with Gasteiger partial charge >= 0.3 is 0 Å². The van der Waals surface area contributed by atoms with Crippen molar-refractivity contribution < 1.29 is 0 Å². The summed E-state index contributed by atoms with van der Waals surface area (Å²) in [6.07, 6.45) is 5.72. The molecular weight excluding hydrogens is 238 g/mol. The van der Waals surface area contributed by atoms with Crippen molar-refractivity contribution in [1.82, 2.24) is 5.32 Å². The van der Waals surface area contributed by atoms with Crippen molar-refractivity contribution in [2.24, 2.45) is 21.5 Å². The molecule has 5 nitrogen and oxygen atoms in total. The van der Waals surface area contributed by atoms with Gasteiger partial charge in [0.25, 0.3) is 0 Å². The highest BCUT2D eigenvalue weighted by atomic mass is 35.5. The molecule has 0 unspecified atom stereocenters. The zero-order valence-electron chi connectivity index (χ0n) is 10.9. The molecule has 0 bridgehead atoms. The molecule has 0 fully saturated rings. The first-order valence-electron chi connectivity index (χ1n) is 6.07. The molecule has 0 aliphatic carbocycles. The second kappa shape index (κ2) is 13.1. The SMILES string of the molecule is CCCCCCN=C(N)NC(N)=NCCC.Cl. The molecule has 102 valence electrons. The van der Waals surface area contributed by atoms with Crippen LogP contribution in [0.5, 0.6) is 0 Å². The van der Waals surface area contributed by atoms with E-state index < -0.39 is 0 Å². The summed E-state index contributed by atoms with van der Waals surface area (Å²) in [6, 6.07) is 0. The van der Waals surface area contributed by atoms with Crippen LogP contribution in [-0.2, 0) is 0 Å². The smallest absolute Gasteiger partial charge is 0.195 e. The maximum Gasteiger partial charge on any atom is 0.195 e. The van der Waals surface area contributed by atoms with Crippen LogP contribution in [0.1, 0.15) is 46.0 Å². The second-order valence-electron chi connectivity index (χ2n) is 3.72. The molecular formula is C11H26ClN5. The molecule has 0 atom stereocenters. The van der Waals surface area contributed by atoms with Gasteiger partial charge in [0, 0.05) is 13.1 Å². The quantitative estimate of drug-likeness (QED) is 0.370. The van der Waals surface area contributed by atoms with E-state index in [-0.39, 0.29) is 12.4 Å².